The van der Waals surface area contributed by atoms with Crippen LogP contribution in [0, 0.1) is 5.92 Å². The molecular weight excluding hydrogens is 446 g/mol. The zero-order chi connectivity index (χ0) is 22.7. The van der Waals surface area contributed by atoms with Crippen molar-refractivity contribution in [1.29, 1.82) is 0 Å². The predicted molar refractivity (Wildman–Crippen MR) is 129 cm³/mol. The number of nitrogens with one attached hydrogen (secondary N) is 1. The van der Waals surface area contributed by atoms with E-state index in [2.05, 4.69) is 17.2 Å². The van der Waals surface area contributed by atoms with Crippen LogP contribution in [0.3, 0.4) is 0 Å². The van der Waals surface area contributed by atoms with Crippen LogP contribution in [0.15, 0.2) is 52.4 Å². The van der Waals surface area contributed by atoms with Crippen molar-refractivity contribution in [3.05, 3.63) is 57.8 Å². The lowest BCUT2D eigenvalue weighted by atomic mass is 9.86. The summed E-state index contributed by atoms with van der Waals surface area (Å²) in [5.74, 6) is 1.14. The van der Waals surface area contributed by atoms with Crippen molar-refractivity contribution in [1.82, 2.24) is 14.9 Å². The van der Waals surface area contributed by atoms with Crippen LogP contribution in [-0.4, -0.2) is 34.4 Å². The highest BCUT2D eigenvalue weighted by Crippen LogP contribution is 2.29. The van der Waals surface area contributed by atoms with E-state index in [-0.39, 0.29) is 23.3 Å². The van der Waals surface area contributed by atoms with Crippen molar-refractivity contribution < 1.29 is 9.53 Å². The lowest BCUT2D eigenvalue weighted by Crippen LogP contribution is -2.41. The first-order chi connectivity index (χ1) is 15.5. The first-order valence-electron chi connectivity index (χ1n) is 10.8. The minimum absolute atomic E-state index is 0.0459. The molecule has 0 radical (unpaired) electrons. The second-order valence-electron chi connectivity index (χ2n) is 8.10. The molecule has 2 atom stereocenters. The summed E-state index contributed by atoms with van der Waals surface area (Å²) >= 11 is 7.57. The fraction of sp³-hybridized carbons (Fsp3) is 0.375. The van der Waals surface area contributed by atoms with Crippen LogP contribution < -0.4 is 15.6 Å². The van der Waals surface area contributed by atoms with E-state index in [1.165, 1.54) is 29.9 Å². The van der Waals surface area contributed by atoms with Gasteiger partial charge in [-0.25, -0.2) is 4.98 Å². The highest BCUT2D eigenvalue weighted by molar-refractivity contribution is 7.99. The third-order valence-electron chi connectivity index (χ3n) is 5.93. The molecule has 1 saturated carbocycles. The normalized spacial score (nSPS) is 18.5. The molecule has 8 heteroatoms. The highest BCUT2D eigenvalue weighted by atomic mass is 35.5. The van der Waals surface area contributed by atoms with Crippen molar-refractivity contribution in [3.63, 3.8) is 0 Å². The topological polar surface area (TPSA) is 73.2 Å². The lowest BCUT2D eigenvalue weighted by molar-refractivity contribution is -0.119. The molecular formula is C24H26ClN3O3S. The number of nitrogens with zero attached hydrogens (tertiary/aromatic N) is 2. The van der Waals surface area contributed by atoms with Gasteiger partial charge in [-0.3, -0.25) is 14.2 Å². The van der Waals surface area contributed by atoms with Gasteiger partial charge in [-0.05, 0) is 49.1 Å². The lowest BCUT2D eigenvalue weighted by Gasteiger charge is -2.29. The molecule has 6 nitrogen and oxygen atoms in total. The van der Waals surface area contributed by atoms with Gasteiger partial charge in [-0.2, -0.15) is 0 Å². The number of carbonyl (C=O) groups excluding carboxylic acids is 1. The van der Waals surface area contributed by atoms with E-state index in [0.717, 1.165) is 19.3 Å². The van der Waals surface area contributed by atoms with Crippen LogP contribution in [0.4, 0.5) is 0 Å². The first-order valence-corrected chi connectivity index (χ1v) is 12.1. The number of amides is 1. The van der Waals surface area contributed by atoms with Crippen molar-refractivity contribution in [3.8, 4) is 11.4 Å². The number of methoxy groups -OCH3 is 1. The molecule has 1 amide bonds. The number of ether oxygens (including phenoxy) is 1. The number of benzene rings is 2. The Kier molecular flexibility index (Phi) is 7.06. The number of fused-ring (bicyclic) bond motifs is 1. The Balaban J connectivity index is 1.65. The summed E-state index contributed by atoms with van der Waals surface area (Å²) in [5.41, 5.74) is 0.959. The third-order valence-corrected chi connectivity index (χ3v) is 7.16. The van der Waals surface area contributed by atoms with Gasteiger partial charge in [0.2, 0.25) is 5.91 Å². The summed E-state index contributed by atoms with van der Waals surface area (Å²) in [5, 5.41) is 4.51. The van der Waals surface area contributed by atoms with Gasteiger partial charge in [0, 0.05) is 6.04 Å². The van der Waals surface area contributed by atoms with Crippen LogP contribution >= 0.6 is 23.4 Å². The standard InChI is InChI=1S/C24H26ClN3O3S/c1-15-7-3-5-9-19(15)26-22(29)14-32-24-27-20-10-6-4-8-17(20)23(30)28(24)16-11-12-21(31-2)18(25)13-16/h4,6,8,10-13,15,19H,3,5,7,9,14H2,1-2H3,(H,26,29). The predicted octanol–water partition coefficient (Wildman–Crippen LogP) is 4.83. The molecule has 1 aliphatic rings. The molecule has 0 bridgehead atoms. The number of thioether (sulfide) groups is 1. The van der Waals surface area contributed by atoms with Crippen molar-refractivity contribution in [2.45, 2.75) is 43.8 Å². The maximum absolute atomic E-state index is 13.4. The molecule has 168 valence electrons. The summed E-state index contributed by atoms with van der Waals surface area (Å²) in [4.78, 5) is 30.7. The minimum Gasteiger partial charge on any atom is -0.495 e. The number of hydrogen-bond acceptors (Lipinski definition) is 5. The Hall–Kier alpha value is -2.51. The van der Waals surface area contributed by atoms with E-state index in [4.69, 9.17) is 16.3 Å². The van der Waals surface area contributed by atoms with Gasteiger partial charge in [0.25, 0.3) is 5.56 Å². The van der Waals surface area contributed by atoms with E-state index >= 15 is 0 Å². The minimum atomic E-state index is -0.208. The molecule has 0 saturated heterocycles. The third kappa shape index (κ3) is 4.79. The number of hydrogen-bond donors (Lipinski definition) is 1. The van der Waals surface area contributed by atoms with E-state index in [1.807, 2.05) is 12.1 Å². The molecule has 1 fully saturated rings. The van der Waals surface area contributed by atoms with E-state index in [0.29, 0.717) is 38.4 Å². The molecule has 1 heterocycles. The van der Waals surface area contributed by atoms with Crippen molar-refractivity contribution in [2.24, 2.45) is 5.92 Å². The summed E-state index contributed by atoms with van der Waals surface area (Å²) in [6.45, 7) is 2.19. The average molecular weight is 472 g/mol. The molecule has 2 unspecified atom stereocenters. The highest BCUT2D eigenvalue weighted by Gasteiger charge is 2.23. The molecule has 0 aliphatic heterocycles. The number of carbonyl (C=O) groups is 1. The zero-order valence-electron chi connectivity index (χ0n) is 18.1. The summed E-state index contributed by atoms with van der Waals surface area (Å²) in [7, 11) is 1.54. The second kappa shape index (κ2) is 9.96. The van der Waals surface area contributed by atoms with E-state index in [9.17, 15) is 9.59 Å². The largest absolute Gasteiger partial charge is 0.495 e. The summed E-state index contributed by atoms with van der Waals surface area (Å²) in [6.07, 6.45) is 4.52. The van der Waals surface area contributed by atoms with Crippen LogP contribution in [0.5, 0.6) is 5.75 Å². The van der Waals surface area contributed by atoms with Crippen LogP contribution in [-0.2, 0) is 4.79 Å². The molecule has 32 heavy (non-hydrogen) atoms. The van der Waals surface area contributed by atoms with Crippen LogP contribution in [0.25, 0.3) is 16.6 Å². The average Bonchev–Trinajstić information content (AvgIpc) is 2.79. The van der Waals surface area contributed by atoms with Gasteiger partial charge in [0.15, 0.2) is 5.16 Å². The summed E-state index contributed by atoms with van der Waals surface area (Å²) in [6, 6.07) is 12.6. The monoisotopic (exact) mass is 471 g/mol. The molecule has 1 aromatic heterocycles. The Morgan fingerprint density at radius 2 is 2.03 bits per heavy atom. The molecule has 4 rings (SSSR count). The van der Waals surface area contributed by atoms with Gasteiger partial charge < -0.3 is 10.1 Å². The van der Waals surface area contributed by atoms with Gasteiger partial charge in [-0.15, -0.1) is 0 Å². The van der Waals surface area contributed by atoms with Crippen LogP contribution in [0.2, 0.25) is 5.02 Å². The van der Waals surface area contributed by atoms with Crippen molar-refractivity contribution >= 4 is 40.2 Å². The first kappa shape index (κ1) is 22.7. The number of halogens is 1. The number of rotatable bonds is 6. The number of para-hydroxylation sites is 1. The molecule has 3 aromatic rings. The van der Waals surface area contributed by atoms with E-state index in [1.54, 1.807) is 30.3 Å². The number of aromatic nitrogens is 2. The Morgan fingerprint density at radius 3 is 2.78 bits per heavy atom. The van der Waals surface area contributed by atoms with E-state index < -0.39 is 0 Å². The SMILES string of the molecule is COc1ccc(-n2c(SCC(=O)NC3CCCCC3C)nc3ccccc3c2=O)cc1Cl. The van der Waals surface area contributed by atoms with Crippen molar-refractivity contribution in [2.75, 3.05) is 12.9 Å². The smallest absolute Gasteiger partial charge is 0.266 e. The van der Waals surface area contributed by atoms with Gasteiger partial charge in [0.1, 0.15) is 5.75 Å². The maximum atomic E-state index is 13.4. The zero-order valence-corrected chi connectivity index (χ0v) is 19.7. The Labute approximate surface area is 196 Å². The summed E-state index contributed by atoms with van der Waals surface area (Å²) < 4.78 is 6.74. The molecule has 2 aromatic carbocycles. The van der Waals surface area contributed by atoms with Gasteiger partial charge in [-0.1, -0.05) is 55.3 Å². The Morgan fingerprint density at radius 1 is 1.25 bits per heavy atom. The second-order valence-corrected chi connectivity index (χ2v) is 9.45. The molecule has 0 spiro atoms. The quantitative estimate of drug-likeness (QED) is 0.411. The van der Waals surface area contributed by atoms with Gasteiger partial charge in [0.05, 0.1) is 34.5 Å². The Bertz CT molecular complexity index is 1200. The fourth-order valence-electron chi connectivity index (χ4n) is 4.14. The molecule has 1 N–H and O–H groups in total. The van der Waals surface area contributed by atoms with Crippen LogP contribution in [0.1, 0.15) is 32.6 Å². The maximum Gasteiger partial charge on any atom is 0.266 e. The van der Waals surface area contributed by atoms with Gasteiger partial charge >= 0.3 is 0 Å². The fourth-order valence-corrected chi connectivity index (χ4v) is 5.22. The molecule has 1 aliphatic carbocycles.